The van der Waals surface area contributed by atoms with E-state index in [4.69, 9.17) is 9.47 Å². The third-order valence-corrected chi connectivity index (χ3v) is 5.18. The highest BCUT2D eigenvalue weighted by Crippen LogP contribution is 2.44. The van der Waals surface area contributed by atoms with Crippen molar-refractivity contribution >= 4 is 11.8 Å². The molecule has 144 valence electrons. The Morgan fingerprint density at radius 3 is 2.10 bits per heavy atom. The molecule has 0 fully saturated rings. The first-order valence-corrected chi connectivity index (χ1v) is 9.22. The molecule has 0 N–H and O–H groups in total. The zero-order valence-electron chi connectivity index (χ0n) is 15.5. The van der Waals surface area contributed by atoms with Crippen LogP contribution in [0.5, 0.6) is 17.2 Å². The summed E-state index contributed by atoms with van der Waals surface area (Å²) in [5.74, 6) is -1.60. The summed E-state index contributed by atoms with van der Waals surface area (Å²) in [5, 5.41) is 18.5. The summed E-state index contributed by atoms with van der Waals surface area (Å²) in [4.78, 5) is 0.360. The predicted octanol–water partition coefficient (Wildman–Crippen LogP) is 5.97. The van der Waals surface area contributed by atoms with Gasteiger partial charge >= 0.3 is 0 Å². The van der Waals surface area contributed by atoms with E-state index in [2.05, 4.69) is 0 Å². The van der Waals surface area contributed by atoms with Crippen molar-refractivity contribution < 1.29 is 18.3 Å². The summed E-state index contributed by atoms with van der Waals surface area (Å²) < 4.78 is 41.0. The number of hydrogen-bond donors (Lipinski definition) is 0. The molecule has 3 aromatic rings. The lowest BCUT2D eigenvalue weighted by atomic mass is 10.1. The average Bonchev–Trinajstić information content (AvgIpc) is 2.74. The Labute approximate surface area is 170 Å². The monoisotopic (exact) mass is 408 g/mol. The van der Waals surface area contributed by atoms with Crippen molar-refractivity contribution in [3.63, 3.8) is 0 Å². The highest BCUT2D eigenvalue weighted by Gasteiger charge is 2.27. The molecule has 0 aliphatic heterocycles. The molecule has 0 bridgehead atoms. The molecule has 0 aromatic heterocycles. The molecule has 0 saturated heterocycles. The van der Waals surface area contributed by atoms with E-state index >= 15 is 8.78 Å². The minimum Gasteiger partial charge on any atom is -0.497 e. The number of benzene rings is 3. The van der Waals surface area contributed by atoms with E-state index in [0.717, 1.165) is 11.8 Å². The molecule has 3 aromatic carbocycles. The van der Waals surface area contributed by atoms with Gasteiger partial charge in [-0.1, -0.05) is 30.0 Å². The second-order valence-corrected chi connectivity index (χ2v) is 6.99. The summed E-state index contributed by atoms with van der Waals surface area (Å²) in [6, 6.07) is 16.7. The Balaban J connectivity index is 2.18. The molecule has 0 radical (unpaired) electrons. The Bertz CT molecular complexity index is 1150. The molecule has 0 spiro atoms. The maximum absolute atomic E-state index is 15.1. The number of halogens is 2. The van der Waals surface area contributed by atoms with E-state index in [0.29, 0.717) is 22.0 Å². The summed E-state index contributed by atoms with van der Waals surface area (Å²) >= 11 is 0.892. The highest BCUT2D eigenvalue weighted by atomic mass is 32.2. The molecule has 0 saturated carbocycles. The number of methoxy groups -OCH3 is 1. The van der Waals surface area contributed by atoms with E-state index in [9.17, 15) is 10.5 Å². The van der Waals surface area contributed by atoms with Crippen molar-refractivity contribution in [2.24, 2.45) is 0 Å². The standard InChI is InChI=1S/C22H14F2N2O2S/c1-13-5-3-4-6-18(13)28-21-19(23)16(11-25)17(12-26)20(24)22(21)29-15-9-7-14(27-2)8-10-15/h3-10H,1-2H3. The highest BCUT2D eigenvalue weighted by molar-refractivity contribution is 7.99. The molecule has 29 heavy (non-hydrogen) atoms. The first-order valence-electron chi connectivity index (χ1n) is 8.40. The second-order valence-electron chi connectivity index (χ2n) is 5.90. The van der Waals surface area contributed by atoms with Gasteiger partial charge in [0.2, 0.25) is 0 Å². The van der Waals surface area contributed by atoms with E-state index in [1.54, 1.807) is 67.6 Å². The van der Waals surface area contributed by atoms with Gasteiger partial charge in [0.05, 0.1) is 12.0 Å². The smallest absolute Gasteiger partial charge is 0.186 e. The summed E-state index contributed by atoms with van der Waals surface area (Å²) in [6.07, 6.45) is 0. The molecule has 0 unspecified atom stereocenters. The average molecular weight is 408 g/mol. The van der Waals surface area contributed by atoms with Crippen LogP contribution in [0.4, 0.5) is 8.78 Å². The quantitative estimate of drug-likeness (QED) is 0.520. The van der Waals surface area contributed by atoms with E-state index in [1.165, 1.54) is 7.11 Å². The van der Waals surface area contributed by atoms with E-state index in [-0.39, 0.29) is 4.90 Å². The van der Waals surface area contributed by atoms with Gasteiger partial charge in [-0.2, -0.15) is 10.5 Å². The summed E-state index contributed by atoms with van der Waals surface area (Å²) in [5.41, 5.74) is -0.638. The van der Waals surface area contributed by atoms with Gasteiger partial charge in [-0.25, -0.2) is 8.78 Å². The van der Waals surface area contributed by atoms with Crippen LogP contribution in [-0.2, 0) is 0 Å². The van der Waals surface area contributed by atoms with Crippen LogP contribution in [0, 0.1) is 41.2 Å². The largest absolute Gasteiger partial charge is 0.497 e. The van der Waals surface area contributed by atoms with Gasteiger partial charge in [0.1, 0.15) is 34.8 Å². The fourth-order valence-corrected chi connectivity index (χ4v) is 3.50. The molecule has 0 amide bonds. The lowest BCUT2D eigenvalue weighted by Crippen LogP contribution is -2.03. The number of nitriles is 2. The van der Waals surface area contributed by atoms with Gasteiger partial charge < -0.3 is 9.47 Å². The van der Waals surface area contributed by atoms with Gasteiger partial charge in [0, 0.05) is 4.90 Å². The van der Waals surface area contributed by atoms with Gasteiger partial charge in [0.25, 0.3) is 0 Å². The summed E-state index contributed by atoms with van der Waals surface area (Å²) in [7, 11) is 1.52. The van der Waals surface area contributed by atoms with Crippen molar-refractivity contribution in [2.75, 3.05) is 7.11 Å². The fourth-order valence-electron chi connectivity index (χ4n) is 2.58. The Hall–Kier alpha value is -3.55. The molecule has 0 aliphatic carbocycles. The Morgan fingerprint density at radius 1 is 0.897 bits per heavy atom. The second kappa shape index (κ2) is 8.64. The van der Waals surface area contributed by atoms with Crippen LogP contribution in [-0.4, -0.2) is 7.11 Å². The SMILES string of the molecule is COc1ccc(Sc2c(F)c(C#N)c(C#N)c(F)c2Oc2ccccc2C)cc1. The molecule has 7 heteroatoms. The van der Waals surface area contributed by atoms with Crippen LogP contribution in [0.3, 0.4) is 0 Å². The molecule has 3 rings (SSSR count). The molecule has 0 aliphatic rings. The van der Waals surface area contributed by atoms with Crippen LogP contribution in [0.2, 0.25) is 0 Å². The van der Waals surface area contributed by atoms with Crippen LogP contribution < -0.4 is 9.47 Å². The van der Waals surface area contributed by atoms with Crippen LogP contribution >= 0.6 is 11.8 Å². The molecular formula is C22H14F2N2O2S. The normalized spacial score (nSPS) is 10.1. The maximum atomic E-state index is 15.1. The van der Waals surface area contributed by atoms with Crippen molar-refractivity contribution in [1.82, 2.24) is 0 Å². The lowest BCUT2D eigenvalue weighted by molar-refractivity contribution is 0.414. The Kier molecular flexibility index (Phi) is 6.01. The van der Waals surface area contributed by atoms with Crippen molar-refractivity contribution in [3.05, 3.63) is 76.9 Å². The van der Waals surface area contributed by atoms with Gasteiger partial charge in [-0.3, -0.25) is 0 Å². The molecule has 4 nitrogen and oxygen atoms in total. The van der Waals surface area contributed by atoms with E-state index < -0.39 is 28.5 Å². The number of ether oxygens (including phenoxy) is 2. The minimum absolute atomic E-state index is 0.216. The molecular weight excluding hydrogens is 394 g/mol. The number of aryl methyl sites for hydroxylation is 1. The third-order valence-electron chi connectivity index (χ3n) is 4.10. The number of hydrogen-bond acceptors (Lipinski definition) is 5. The first kappa shape index (κ1) is 20.2. The molecule has 0 atom stereocenters. The first-order chi connectivity index (χ1) is 14.0. The third kappa shape index (κ3) is 4.01. The summed E-state index contributed by atoms with van der Waals surface area (Å²) in [6.45, 7) is 1.76. The van der Waals surface area contributed by atoms with Crippen LogP contribution in [0.25, 0.3) is 0 Å². The van der Waals surface area contributed by atoms with Crippen LogP contribution in [0.15, 0.2) is 58.3 Å². The van der Waals surface area contributed by atoms with Gasteiger partial charge in [-0.15, -0.1) is 0 Å². The number of nitrogens with zero attached hydrogens (tertiary/aromatic N) is 2. The van der Waals surface area contributed by atoms with Crippen molar-refractivity contribution in [2.45, 2.75) is 16.7 Å². The predicted molar refractivity (Wildman–Crippen MR) is 104 cm³/mol. The Morgan fingerprint density at radius 2 is 1.52 bits per heavy atom. The molecule has 0 heterocycles. The number of para-hydroxylation sites is 1. The topological polar surface area (TPSA) is 66.0 Å². The van der Waals surface area contributed by atoms with Gasteiger partial charge in [-0.05, 0) is 42.8 Å². The van der Waals surface area contributed by atoms with E-state index in [1.807, 2.05) is 0 Å². The zero-order chi connectivity index (χ0) is 21.0. The van der Waals surface area contributed by atoms with Crippen LogP contribution in [0.1, 0.15) is 16.7 Å². The minimum atomic E-state index is -1.08. The van der Waals surface area contributed by atoms with Crippen molar-refractivity contribution in [3.8, 4) is 29.4 Å². The number of rotatable bonds is 5. The lowest BCUT2D eigenvalue weighted by Gasteiger charge is -2.16. The van der Waals surface area contributed by atoms with Crippen molar-refractivity contribution in [1.29, 1.82) is 10.5 Å². The fraction of sp³-hybridized carbons (Fsp3) is 0.0909. The maximum Gasteiger partial charge on any atom is 0.186 e. The van der Waals surface area contributed by atoms with Gasteiger partial charge in [0.15, 0.2) is 17.4 Å². The zero-order valence-corrected chi connectivity index (χ0v) is 16.3.